The minimum absolute atomic E-state index is 0.159. The fourth-order valence-electron chi connectivity index (χ4n) is 2.94. The first kappa shape index (κ1) is 16.1. The van der Waals surface area contributed by atoms with Crippen LogP contribution in [0.3, 0.4) is 0 Å². The molecule has 1 saturated heterocycles. The summed E-state index contributed by atoms with van der Waals surface area (Å²) in [7, 11) is 2.10. The van der Waals surface area contributed by atoms with Gasteiger partial charge in [-0.3, -0.25) is 0 Å². The van der Waals surface area contributed by atoms with Gasteiger partial charge in [0.15, 0.2) is 0 Å². The van der Waals surface area contributed by atoms with Crippen LogP contribution in [0, 0.1) is 11.6 Å². The number of ether oxygens (including phenoxy) is 1. The van der Waals surface area contributed by atoms with Crippen molar-refractivity contribution in [1.29, 1.82) is 0 Å². The predicted molar refractivity (Wildman–Crippen MR) is 86.2 cm³/mol. The summed E-state index contributed by atoms with van der Waals surface area (Å²) in [6, 6.07) is 12.7. The van der Waals surface area contributed by atoms with E-state index < -0.39 is 0 Å². The molecule has 1 aliphatic rings. The third kappa shape index (κ3) is 4.15. The Labute approximate surface area is 135 Å². The van der Waals surface area contributed by atoms with Crippen LogP contribution in [0.1, 0.15) is 30.1 Å². The van der Waals surface area contributed by atoms with E-state index in [0.717, 1.165) is 37.1 Å². The van der Waals surface area contributed by atoms with Gasteiger partial charge in [0.2, 0.25) is 0 Å². The molecule has 1 fully saturated rings. The lowest BCUT2D eigenvalue weighted by atomic mass is 10.00. The van der Waals surface area contributed by atoms with Gasteiger partial charge in [0, 0.05) is 13.1 Å². The Morgan fingerprint density at radius 2 is 1.30 bits per heavy atom. The van der Waals surface area contributed by atoms with Crippen LogP contribution < -0.4 is 0 Å². The zero-order valence-electron chi connectivity index (χ0n) is 13.2. The SMILES string of the molecule is CN1CCC(OC(c2ccc(F)cc2)c2ccc(F)cc2)CC1. The Balaban J connectivity index is 1.83. The Morgan fingerprint density at radius 1 is 0.870 bits per heavy atom. The van der Waals surface area contributed by atoms with Crippen LogP contribution in [-0.2, 0) is 4.74 Å². The number of hydrogen-bond donors (Lipinski definition) is 0. The number of benzene rings is 2. The monoisotopic (exact) mass is 317 g/mol. The van der Waals surface area contributed by atoms with Gasteiger partial charge in [-0.05, 0) is 55.3 Å². The Bertz CT molecular complexity index is 573. The third-order valence-corrected chi connectivity index (χ3v) is 4.34. The van der Waals surface area contributed by atoms with Crippen LogP contribution in [-0.4, -0.2) is 31.1 Å². The average Bonchev–Trinajstić information content (AvgIpc) is 2.56. The Hall–Kier alpha value is -1.78. The summed E-state index contributed by atoms with van der Waals surface area (Å²) >= 11 is 0. The van der Waals surface area contributed by atoms with Crippen molar-refractivity contribution in [2.75, 3.05) is 20.1 Å². The Morgan fingerprint density at radius 3 is 1.74 bits per heavy atom. The van der Waals surface area contributed by atoms with Crippen molar-refractivity contribution in [1.82, 2.24) is 4.90 Å². The van der Waals surface area contributed by atoms with E-state index in [9.17, 15) is 8.78 Å². The molecule has 0 radical (unpaired) electrons. The highest BCUT2D eigenvalue weighted by Gasteiger charge is 2.23. The molecule has 0 unspecified atom stereocenters. The van der Waals surface area contributed by atoms with Crippen molar-refractivity contribution in [2.45, 2.75) is 25.0 Å². The van der Waals surface area contributed by atoms with Crippen molar-refractivity contribution < 1.29 is 13.5 Å². The summed E-state index contributed by atoms with van der Waals surface area (Å²) in [5.41, 5.74) is 1.77. The lowest BCUT2D eigenvalue weighted by Crippen LogP contribution is -2.35. The molecule has 1 heterocycles. The van der Waals surface area contributed by atoms with Crippen molar-refractivity contribution >= 4 is 0 Å². The first-order valence-electron chi connectivity index (χ1n) is 7.97. The van der Waals surface area contributed by atoms with Crippen LogP contribution >= 0.6 is 0 Å². The second-order valence-corrected chi connectivity index (χ2v) is 6.12. The molecular formula is C19H21F2NO. The summed E-state index contributed by atoms with van der Waals surface area (Å²) in [5, 5.41) is 0. The summed E-state index contributed by atoms with van der Waals surface area (Å²) in [5.74, 6) is -0.545. The van der Waals surface area contributed by atoms with Crippen molar-refractivity contribution in [3.63, 3.8) is 0 Å². The highest BCUT2D eigenvalue weighted by Crippen LogP contribution is 2.30. The van der Waals surface area contributed by atoms with Crippen LogP contribution in [0.2, 0.25) is 0 Å². The summed E-state index contributed by atoms with van der Waals surface area (Å²) in [4.78, 5) is 2.28. The van der Waals surface area contributed by atoms with Gasteiger partial charge in [-0.25, -0.2) is 8.78 Å². The number of nitrogens with zero attached hydrogens (tertiary/aromatic N) is 1. The number of rotatable bonds is 4. The zero-order chi connectivity index (χ0) is 16.2. The molecule has 0 aromatic heterocycles. The Kier molecular flexibility index (Phi) is 5.03. The van der Waals surface area contributed by atoms with Crippen LogP contribution in [0.5, 0.6) is 0 Å². The molecule has 122 valence electrons. The lowest BCUT2D eigenvalue weighted by Gasteiger charge is -2.32. The number of hydrogen-bond acceptors (Lipinski definition) is 2. The van der Waals surface area contributed by atoms with Crippen LogP contribution in [0.15, 0.2) is 48.5 Å². The summed E-state index contributed by atoms with van der Waals surface area (Å²) in [6.45, 7) is 2.01. The van der Waals surface area contributed by atoms with E-state index in [-0.39, 0.29) is 23.8 Å². The minimum atomic E-state index is -0.301. The molecule has 0 N–H and O–H groups in total. The van der Waals surface area contributed by atoms with E-state index in [4.69, 9.17) is 4.74 Å². The molecule has 0 saturated carbocycles. The van der Waals surface area contributed by atoms with Gasteiger partial charge in [0.1, 0.15) is 17.7 Å². The van der Waals surface area contributed by atoms with Crippen LogP contribution in [0.25, 0.3) is 0 Å². The zero-order valence-corrected chi connectivity index (χ0v) is 13.2. The van der Waals surface area contributed by atoms with Crippen molar-refractivity contribution in [3.05, 3.63) is 71.3 Å². The summed E-state index contributed by atoms with van der Waals surface area (Å²) in [6.07, 6.45) is 1.79. The van der Waals surface area contributed by atoms with Gasteiger partial charge in [-0.15, -0.1) is 0 Å². The maximum absolute atomic E-state index is 13.2. The van der Waals surface area contributed by atoms with Gasteiger partial charge in [-0.2, -0.15) is 0 Å². The standard InChI is InChI=1S/C19H21F2NO/c1-22-12-10-18(11-13-22)23-19(14-2-6-16(20)7-3-14)15-4-8-17(21)9-5-15/h2-9,18-19H,10-13H2,1H3. The van der Waals surface area contributed by atoms with E-state index in [0.29, 0.717) is 0 Å². The maximum atomic E-state index is 13.2. The smallest absolute Gasteiger partial charge is 0.123 e. The van der Waals surface area contributed by atoms with Crippen molar-refractivity contribution in [2.24, 2.45) is 0 Å². The second kappa shape index (κ2) is 7.20. The fourth-order valence-corrected chi connectivity index (χ4v) is 2.94. The number of piperidine rings is 1. The molecule has 0 atom stereocenters. The third-order valence-electron chi connectivity index (χ3n) is 4.34. The van der Waals surface area contributed by atoms with Gasteiger partial charge < -0.3 is 9.64 Å². The van der Waals surface area contributed by atoms with Gasteiger partial charge >= 0.3 is 0 Å². The van der Waals surface area contributed by atoms with E-state index in [1.807, 2.05) is 0 Å². The minimum Gasteiger partial charge on any atom is -0.365 e. The molecule has 2 aromatic rings. The molecule has 2 nitrogen and oxygen atoms in total. The van der Waals surface area contributed by atoms with E-state index >= 15 is 0 Å². The van der Waals surface area contributed by atoms with Gasteiger partial charge in [0.05, 0.1) is 6.10 Å². The number of halogens is 2. The van der Waals surface area contributed by atoms with Gasteiger partial charge in [-0.1, -0.05) is 24.3 Å². The van der Waals surface area contributed by atoms with Crippen molar-refractivity contribution in [3.8, 4) is 0 Å². The molecule has 0 spiro atoms. The molecule has 3 rings (SSSR count). The normalized spacial score (nSPS) is 16.9. The molecular weight excluding hydrogens is 296 g/mol. The lowest BCUT2D eigenvalue weighted by molar-refractivity contribution is -0.0234. The first-order valence-corrected chi connectivity index (χ1v) is 7.97. The second-order valence-electron chi connectivity index (χ2n) is 6.12. The maximum Gasteiger partial charge on any atom is 0.123 e. The van der Waals surface area contributed by atoms with Gasteiger partial charge in [0.25, 0.3) is 0 Å². The molecule has 0 amide bonds. The van der Waals surface area contributed by atoms with E-state index in [1.165, 1.54) is 24.3 Å². The molecule has 23 heavy (non-hydrogen) atoms. The molecule has 0 bridgehead atoms. The quantitative estimate of drug-likeness (QED) is 0.839. The van der Waals surface area contributed by atoms with Crippen LogP contribution in [0.4, 0.5) is 8.78 Å². The largest absolute Gasteiger partial charge is 0.365 e. The van der Waals surface area contributed by atoms with E-state index in [2.05, 4.69) is 11.9 Å². The van der Waals surface area contributed by atoms with E-state index in [1.54, 1.807) is 24.3 Å². The molecule has 0 aliphatic carbocycles. The predicted octanol–water partition coefficient (Wildman–Crippen LogP) is 4.17. The topological polar surface area (TPSA) is 12.5 Å². The average molecular weight is 317 g/mol. The molecule has 4 heteroatoms. The fraction of sp³-hybridized carbons (Fsp3) is 0.368. The summed E-state index contributed by atoms with van der Waals surface area (Å²) < 4.78 is 32.7. The highest BCUT2D eigenvalue weighted by molar-refractivity contribution is 5.30. The number of likely N-dealkylation sites (tertiary alicyclic amines) is 1. The molecule has 1 aliphatic heterocycles. The first-order chi connectivity index (χ1) is 11.1. The molecule has 2 aromatic carbocycles. The highest BCUT2D eigenvalue weighted by atomic mass is 19.1.